The highest BCUT2D eigenvalue weighted by Gasteiger charge is 2.07. The molecule has 0 saturated heterocycles. The fourth-order valence-corrected chi connectivity index (χ4v) is 4.33. The van der Waals surface area contributed by atoms with Crippen LogP contribution in [0.25, 0.3) is 54.2 Å². The zero-order chi connectivity index (χ0) is 18.5. The molecule has 0 aliphatic carbocycles. The lowest BCUT2D eigenvalue weighted by atomic mass is 9.93. The molecule has 0 saturated carbocycles. The summed E-state index contributed by atoms with van der Waals surface area (Å²) in [5.74, 6) is 0. The van der Waals surface area contributed by atoms with Crippen molar-refractivity contribution in [2.24, 2.45) is 0 Å². The Morgan fingerprint density at radius 1 is 0.321 bits per heavy atom. The van der Waals surface area contributed by atoms with Gasteiger partial charge in [0, 0.05) is 0 Å². The molecule has 0 spiro atoms. The molecule has 0 atom stereocenters. The molecule has 0 aliphatic heterocycles. The molecule has 130 valence electrons. The van der Waals surface area contributed by atoms with E-state index in [0.717, 1.165) is 0 Å². The highest BCUT2D eigenvalue weighted by molar-refractivity contribution is 6.06. The van der Waals surface area contributed by atoms with Crippen molar-refractivity contribution in [2.75, 3.05) is 0 Å². The number of fused-ring (bicyclic) bond motifs is 4. The molecule has 0 amide bonds. The maximum Gasteiger partial charge on any atom is -0.00990 e. The zero-order valence-corrected chi connectivity index (χ0v) is 15.4. The fourth-order valence-electron chi connectivity index (χ4n) is 4.33. The van der Waals surface area contributed by atoms with E-state index in [1.807, 2.05) is 0 Å². The van der Waals surface area contributed by atoms with Gasteiger partial charge in [-0.05, 0) is 84.5 Å². The van der Waals surface area contributed by atoms with Crippen LogP contribution in [0.15, 0.2) is 109 Å². The molecule has 6 aromatic rings. The third kappa shape index (κ3) is 2.39. The standard InChI is InChI=1S/C28H18/c1-2-8-21-16-26-17-25(13-12-23(26)14-19(21)6-1)27-11-5-10-24-15-20-7-3-4-9-22(20)18-28(24)27/h1-18H. The van der Waals surface area contributed by atoms with Crippen LogP contribution in [0.3, 0.4) is 0 Å². The topological polar surface area (TPSA) is 0 Å². The van der Waals surface area contributed by atoms with Crippen LogP contribution in [0.4, 0.5) is 0 Å². The van der Waals surface area contributed by atoms with Crippen LogP contribution in [0.1, 0.15) is 0 Å². The molecule has 6 rings (SSSR count). The van der Waals surface area contributed by atoms with Crippen molar-refractivity contribution in [3.8, 4) is 11.1 Å². The van der Waals surface area contributed by atoms with Crippen LogP contribution in [0.2, 0.25) is 0 Å². The van der Waals surface area contributed by atoms with Gasteiger partial charge in [-0.25, -0.2) is 0 Å². The summed E-state index contributed by atoms with van der Waals surface area (Å²) in [6.45, 7) is 0. The quantitative estimate of drug-likeness (QED) is 0.263. The highest BCUT2D eigenvalue weighted by atomic mass is 14.1. The molecule has 0 bridgehead atoms. The van der Waals surface area contributed by atoms with Gasteiger partial charge in [0.25, 0.3) is 0 Å². The Labute approximate surface area is 163 Å². The second-order valence-corrected chi connectivity index (χ2v) is 7.49. The van der Waals surface area contributed by atoms with Crippen molar-refractivity contribution in [3.05, 3.63) is 109 Å². The van der Waals surface area contributed by atoms with Crippen molar-refractivity contribution in [1.82, 2.24) is 0 Å². The molecule has 0 nitrogen and oxygen atoms in total. The molecule has 6 aromatic carbocycles. The summed E-state index contributed by atoms with van der Waals surface area (Å²) in [7, 11) is 0. The normalized spacial score (nSPS) is 11.6. The first kappa shape index (κ1) is 15.4. The van der Waals surface area contributed by atoms with E-state index in [4.69, 9.17) is 0 Å². The average Bonchev–Trinajstić information content (AvgIpc) is 2.75. The molecule has 0 N–H and O–H groups in total. The number of hydrogen-bond acceptors (Lipinski definition) is 0. The number of rotatable bonds is 1. The summed E-state index contributed by atoms with van der Waals surface area (Å²) in [6, 6.07) is 39.8. The Morgan fingerprint density at radius 2 is 0.857 bits per heavy atom. The Bertz CT molecular complexity index is 1510. The van der Waals surface area contributed by atoms with E-state index < -0.39 is 0 Å². The van der Waals surface area contributed by atoms with Gasteiger partial charge in [0.1, 0.15) is 0 Å². The fraction of sp³-hybridized carbons (Fsp3) is 0. The molecular weight excluding hydrogens is 336 g/mol. The van der Waals surface area contributed by atoms with E-state index in [0.29, 0.717) is 0 Å². The van der Waals surface area contributed by atoms with Crippen molar-refractivity contribution in [1.29, 1.82) is 0 Å². The monoisotopic (exact) mass is 354 g/mol. The van der Waals surface area contributed by atoms with Crippen LogP contribution < -0.4 is 0 Å². The van der Waals surface area contributed by atoms with Crippen LogP contribution in [0.5, 0.6) is 0 Å². The van der Waals surface area contributed by atoms with Crippen LogP contribution in [-0.4, -0.2) is 0 Å². The molecule has 0 aromatic heterocycles. The van der Waals surface area contributed by atoms with Crippen molar-refractivity contribution in [3.63, 3.8) is 0 Å². The molecule has 0 fully saturated rings. The second kappa shape index (κ2) is 5.94. The van der Waals surface area contributed by atoms with Crippen LogP contribution in [0, 0.1) is 0 Å². The summed E-state index contributed by atoms with van der Waals surface area (Å²) in [6.07, 6.45) is 0. The second-order valence-electron chi connectivity index (χ2n) is 7.49. The Kier molecular flexibility index (Phi) is 3.27. The minimum Gasteiger partial charge on any atom is -0.0616 e. The van der Waals surface area contributed by atoms with Crippen LogP contribution >= 0.6 is 0 Å². The predicted octanol–water partition coefficient (Wildman–Crippen LogP) is 7.97. The highest BCUT2D eigenvalue weighted by Crippen LogP contribution is 2.34. The first-order valence-corrected chi connectivity index (χ1v) is 9.70. The summed E-state index contributed by atoms with van der Waals surface area (Å²) >= 11 is 0. The molecular formula is C28H18. The van der Waals surface area contributed by atoms with Gasteiger partial charge in [0.15, 0.2) is 0 Å². The minimum atomic E-state index is 1.27. The third-order valence-electron chi connectivity index (χ3n) is 5.76. The van der Waals surface area contributed by atoms with E-state index in [2.05, 4.69) is 109 Å². The molecule has 0 heterocycles. The van der Waals surface area contributed by atoms with Gasteiger partial charge in [-0.1, -0.05) is 78.9 Å². The third-order valence-corrected chi connectivity index (χ3v) is 5.76. The molecule has 0 radical (unpaired) electrons. The van der Waals surface area contributed by atoms with E-state index in [9.17, 15) is 0 Å². The largest absolute Gasteiger partial charge is 0.0616 e. The van der Waals surface area contributed by atoms with Crippen molar-refractivity contribution in [2.45, 2.75) is 0 Å². The summed E-state index contributed by atoms with van der Waals surface area (Å²) in [5.41, 5.74) is 2.56. The lowest BCUT2D eigenvalue weighted by molar-refractivity contribution is 1.70. The molecule has 0 heteroatoms. The summed E-state index contributed by atoms with van der Waals surface area (Å²) in [4.78, 5) is 0. The van der Waals surface area contributed by atoms with Gasteiger partial charge in [0.2, 0.25) is 0 Å². The maximum atomic E-state index is 2.33. The van der Waals surface area contributed by atoms with Gasteiger partial charge in [-0.15, -0.1) is 0 Å². The summed E-state index contributed by atoms with van der Waals surface area (Å²) < 4.78 is 0. The van der Waals surface area contributed by atoms with Gasteiger partial charge in [-0.2, -0.15) is 0 Å². The number of hydrogen-bond donors (Lipinski definition) is 0. The van der Waals surface area contributed by atoms with Gasteiger partial charge < -0.3 is 0 Å². The van der Waals surface area contributed by atoms with E-state index in [1.54, 1.807) is 0 Å². The van der Waals surface area contributed by atoms with E-state index in [-0.39, 0.29) is 0 Å². The Balaban J connectivity index is 1.62. The molecule has 0 unspecified atom stereocenters. The van der Waals surface area contributed by atoms with Crippen LogP contribution in [-0.2, 0) is 0 Å². The summed E-state index contributed by atoms with van der Waals surface area (Å²) in [5, 5.41) is 10.3. The first-order valence-electron chi connectivity index (χ1n) is 9.70. The lowest BCUT2D eigenvalue weighted by Gasteiger charge is -2.10. The predicted molar refractivity (Wildman–Crippen MR) is 122 cm³/mol. The maximum absolute atomic E-state index is 2.33. The SMILES string of the molecule is c1ccc2cc3cc(-c4cccc5cc6ccccc6cc45)ccc3cc2c1. The average molecular weight is 354 g/mol. The van der Waals surface area contributed by atoms with Gasteiger partial charge in [0.05, 0.1) is 0 Å². The van der Waals surface area contributed by atoms with Crippen molar-refractivity contribution >= 4 is 43.1 Å². The van der Waals surface area contributed by atoms with Gasteiger partial charge in [-0.3, -0.25) is 0 Å². The minimum absolute atomic E-state index is 1.27. The molecule has 28 heavy (non-hydrogen) atoms. The smallest absolute Gasteiger partial charge is 0.00990 e. The zero-order valence-electron chi connectivity index (χ0n) is 15.4. The lowest BCUT2D eigenvalue weighted by Crippen LogP contribution is -1.84. The number of benzene rings is 6. The van der Waals surface area contributed by atoms with E-state index in [1.165, 1.54) is 54.2 Å². The van der Waals surface area contributed by atoms with E-state index >= 15 is 0 Å². The molecule has 0 aliphatic rings. The first-order chi connectivity index (χ1) is 13.8. The Morgan fingerprint density at radius 3 is 1.57 bits per heavy atom. The van der Waals surface area contributed by atoms with Gasteiger partial charge >= 0.3 is 0 Å². The Hall–Kier alpha value is -3.64. The van der Waals surface area contributed by atoms with Crippen molar-refractivity contribution < 1.29 is 0 Å².